The molecule has 0 amide bonds. The van der Waals surface area contributed by atoms with Gasteiger partial charge in [0, 0.05) is 12.7 Å². The molecule has 0 bridgehead atoms. The standard InChI is InChI=1S/C14H13N3/c1-3-8-17-9-10(2)13-14(17)16-12-7-5-4-6-11(12)15-13/h3-7,9H,1,8H2,2H3. The van der Waals surface area contributed by atoms with Gasteiger partial charge >= 0.3 is 0 Å². The van der Waals surface area contributed by atoms with E-state index in [0.29, 0.717) is 0 Å². The predicted octanol–water partition coefficient (Wildman–Crippen LogP) is 3.08. The van der Waals surface area contributed by atoms with E-state index in [1.165, 1.54) is 0 Å². The maximum absolute atomic E-state index is 4.67. The molecule has 2 heterocycles. The Bertz CT molecular complexity index is 710. The van der Waals surface area contributed by atoms with Crippen molar-refractivity contribution in [1.82, 2.24) is 14.5 Å². The van der Waals surface area contributed by atoms with E-state index >= 15 is 0 Å². The Morgan fingerprint density at radius 3 is 2.65 bits per heavy atom. The highest BCUT2D eigenvalue weighted by Gasteiger charge is 2.08. The lowest BCUT2D eigenvalue weighted by molar-refractivity contribution is 0.851. The van der Waals surface area contributed by atoms with Gasteiger partial charge in [0.05, 0.1) is 11.0 Å². The van der Waals surface area contributed by atoms with E-state index in [1.54, 1.807) is 0 Å². The van der Waals surface area contributed by atoms with Crippen LogP contribution in [0.2, 0.25) is 0 Å². The number of aromatic nitrogens is 3. The molecule has 0 aliphatic carbocycles. The normalized spacial score (nSPS) is 11.1. The average Bonchev–Trinajstić information content (AvgIpc) is 2.64. The molecule has 0 unspecified atom stereocenters. The Kier molecular flexibility index (Phi) is 2.18. The molecule has 0 fully saturated rings. The molecule has 0 spiro atoms. The number of aryl methyl sites for hydroxylation is 1. The fraction of sp³-hybridized carbons (Fsp3) is 0.143. The minimum atomic E-state index is 0.761. The van der Waals surface area contributed by atoms with E-state index in [1.807, 2.05) is 30.3 Å². The van der Waals surface area contributed by atoms with E-state index in [-0.39, 0.29) is 0 Å². The summed E-state index contributed by atoms with van der Waals surface area (Å²) in [5.41, 5.74) is 4.94. The summed E-state index contributed by atoms with van der Waals surface area (Å²) in [6.45, 7) is 6.59. The topological polar surface area (TPSA) is 30.7 Å². The van der Waals surface area contributed by atoms with Crippen LogP contribution in [0.1, 0.15) is 5.56 Å². The molecule has 0 radical (unpaired) electrons. The lowest BCUT2D eigenvalue weighted by atomic mass is 10.3. The van der Waals surface area contributed by atoms with Gasteiger partial charge in [0.15, 0.2) is 5.65 Å². The van der Waals surface area contributed by atoms with Crippen LogP contribution in [0, 0.1) is 6.92 Å². The van der Waals surface area contributed by atoms with Crippen LogP contribution in [0.5, 0.6) is 0 Å². The molecule has 2 aromatic heterocycles. The summed E-state index contributed by atoms with van der Waals surface area (Å²) in [4.78, 5) is 9.33. The molecule has 0 aliphatic rings. The van der Waals surface area contributed by atoms with Crippen LogP contribution in [0.25, 0.3) is 22.2 Å². The molecule has 3 heteroatoms. The van der Waals surface area contributed by atoms with Crippen molar-refractivity contribution in [2.45, 2.75) is 13.5 Å². The molecule has 84 valence electrons. The zero-order valence-corrected chi connectivity index (χ0v) is 9.72. The van der Waals surface area contributed by atoms with Crippen molar-refractivity contribution in [3.05, 3.63) is 48.7 Å². The first-order valence-corrected chi connectivity index (χ1v) is 5.62. The van der Waals surface area contributed by atoms with Crippen LogP contribution in [0.4, 0.5) is 0 Å². The van der Waals surface area contributed by atoms with Crippen molar-refractivity contribution in [1.29, 1.82) is 0 Å². The van der Waals surface area contributed by atoms with E-state index < -0.39 is 0 Å². The first-order valence-electron chi connectivity index (χ1n) is 5.62. The number of benzene rings is 1. The third kappa shape index (κ3) is 1.51. The lowest BCUT2D eigenvalue weighted by Crippen LogP contribution is -1.95. The summed E-state index contributed by atoms with van der Waals surface area (Å²) in [7, 11) is 0. The summed E-state index contributed by atoms with van der Waals surface area (Å²) in [5.74, 6) is 0. The average molecular weight is 223 g/mol. The maximum Gasteiger partial charge on any atom is 0.159 e. The fourth-order valence-corrected chi connectivity index (χ4v) is 2.09. The van der Waals surface area contributed by atoms with Gasteiger partial charge < -0.3 is 4.57 Å². The second kappa shape index (κ2) is 3.70. The van der Waals surface area contributed by atoms with Crippen LogP contribution in [-0.2, 0) is 6.54 Å². The second-order valence-corrected chi connectivity index (χ2v) is 4.14. The Hall–Kier alpha value is -2.16. The van der Waals surface area contributed by atoms with Crippen LogP contribution in [-0.4, -0.2) is 14.5 Å². The van der Waals surface area contributed by atoms with Gasteiger partial charge in [-0.1, -0.05) is 18.2 Å². The van der Waals surface area contributed by atoms with Crippen molar-refractivity contribution in [2.75, 3.05) is 0 Å². The molecule has 0 aliphatic heterocycles. The molecular weight excluding hydrogens is 210 g/mol. The number of fused-ring (bicyclic) bond motifs is 2. The highest BCUT2D eigenvalue weighted by Crippen LogP contribution is 2.20. The maximum atomic E-state index is 4.67. The minimum Gasteiger partial charge on any atom is -0.327 e. The molecule has 0 saturated heterocycles. The van der Waals surface area contributed by atoms with Gasteiger partial charge in [-0.3, -0.25) is 0 Å². The van der Waals surface area contributed by atoms with Crippen molar-refractivity contribution < 1.29 is 0 Å². The third-order valence-corrected chi connectivity index (χ3v) is 2.87. The monoisotopic (exact) mass is 223 g/mol. The number of hydrogen-bond acceptors (Lipinski definition) is 2. The summed E-state index contributed by atoms with van der Waals surface area (Å²) < 4.78 is 2.08. The molecule has 1 aromatic carbocycles. The first-order chi connectivity index (χ1) is 8.29. The summed E-state index contributed by atoms with van der Waals surface area (Å²) in [6, 6.07) is 7.95. The predicted molar refractivity (Wildman–Crippen MR) is 70.0 cm³/mol. The number of nitrogens with zero attached hydrogens (tertiary/aromatic N) is 3. The quantitative estimate of drug-likeness (QED) is 0.625. The fourth-order valence-electron chi connectivity index (χ4n) is 2.09. The van der Waals surface area contributed by atoms with Gasteiger partial charge in [-0.25, -0.2) is 9.97 Å². The van der Waals surface area contributed by atoms with E-state index in [0.717, 1.165) is 34.3 Å². The van der Waals surface area contributed by atoms with E-state index in [4.69, 9.17) is 0 Å². The number of allylic oxidation sites excluding steroid dienone is 1. The molecule has 3 nitrogen and oxygen atoms in total. The summed E-state index contributed by atoms with van der Waals surface area (Å²) >= 11 is 0. The SMILES string of the molecule is C=CCn1cc(C)c2nc3ccccc3nc21. The zero-order chi connectivity index (χ0) is 11.8. The zero-order valence-electron chi connectivity index (χ0n) is 9.72. The van der Waals surface area contributed by atoms with Crippen LogP contribution < -0.4 is 0 Å². The van der Waals surface area contributed by atoms with Crippen molar-refractivity contribution in [2.24, 2.45) is 0 Å². The highest BCUT2D eigenvalue weighted by atomic mass is 15.0. The molecule has 3 rings (SSSR count). The highest BCUT2D eigenvalue weighted by molar-refractivity contribution is 5.86. The molecule has 0 atom stereocenters. The van der Waals surface area contributed by atoms with Gasteiger partial charge in [0.25, 0.3) is 0 Å². The largest absolute Gasteiger partial charge is 0.327 e. The lowest BCUT2D eigenvalue weighted by Gasteiger charge is -2.01. The minimum absolute atomic E-state index is 0.761. The van der Waals surface area contributed by atoms with Gasteiger partial charge in [0.1, 0.15) is 5.52 Å². The van der Waals surface area contributed by atoms with Gasteiger partial charge in [-0.15, -0.1) is 6.58 Å². The van der Waals surface area contributed by atoms with Gasteiger partial charge in [-0.2, -0.15) is 0 Å². The Morgan fingerprint density at radius 2 is 1.94 bits per heavy atom. The van der Waals surface area contributed by atoms with Crippen LogP contribution in [0.15, 0.2) is 43.1 Å². The van der Waals surface area contributed by atoms with Gasteiger partial charge in [-0.05, 0) is 24.6 Å². The van der Waals surface area contributed by atoms with E-state index in [2.05, 4.69) is 34.2 Å². The van der Waals surface area contributed by atoms with E-state index in [9.17, 15) is 0 Å². The van der Waals surface area contributed by atoms with Crippen molar-refractivity contribution >= 4 is 22.2 Å². The first kappa shape index (κ1) is 10.0. The summed E-state index contributed by atoms with van der Waals surface area (Å²) in [6.07, 6.45) is 3.95. The molecule has 0 saturated carbocycles. The van der Waals surface area contributed by atoms with Crippen molar-refractivity contribution in [3.8, 4) is 0 Å². The third-order valence-electron chi connectivity index (χ3n) is 2.87. The second-order valence-electron chi connectivity index (χ2n) is 4.14. The van der Waals surface area contributed by atoms with Crippen molar-refractivity contribution in [3.63, 3.8) is 0 Å². The van der Waals surface area contributed by atoms with Gasteiger partial charge in [0.2, 0.25) is 0 Å². The summed E-state index contributed by atoms with van der Waals surface area (Å²) in [5, 5.41) is 0. The smallest absolute Gasteiger partial charge is 0.159 e. The number of rotatable bonds is 2. The Morgan fingerprint density at radius 1 is 1.24 bits per heavy atom. The van der Waals surface area contributed by atoms with Crippen LogP contribution >= 0.6 is 0 Å². The number of para-hydroxylation sites is 2. The molecule has 3 aromatic rings. The number of hydrogen-bond donors (Lipinski definition) is 0. The Labute approximate surface area is 99.4 Å². The Balaban J connectivity index is 2.40. The molecule has 0 N–H and O–H groups in total. The molecular formula is C14H13N3. The molecule has 17 heavy (non-hydrogen) atoms. The van der Waals surface area contributed by atoms with Crippen LogP contribution in [0.3, 0.4) is 0 Å².